The van der Waals surface area contributed by atoms with Crippen molar-refractivity contribution in [2.75, 3.05) is 5.32 Å². The van der Waals surface area contributed by atoms with Gasteiger partial charge in [0.25, 0.3) is 0 Å². The molecule has 1 amide bonds. The Morgan fingerprint density at radius 2 is 2.00 bits per heavy atom. The number of alkyl halides is 1. The summed E-state index contributed by atoms with van der Waals surface area (Å²) in [4.78, 5) is 47.0. The zero-order valence-electron chi connectivity index (χ0n) is 21.1. The Morgan fingerprint density at radius 3 is 2.73 bits per heavy atom. The van der Waals surface area contributed by atoms with E-state index in [9.17, 15) is 14.4 Å². The van der Waals surface area contributed by atoms with E-state index in [4.69, 9.17) is 16.6 Å². The van der Waals surface area contributed by atoms with Gasteiger partial charge < -0.3 is 5.32 Å². The van der Waals surface area contributed by atoms with Gasteiger partial charge in [-0.2, -0.15) is 0 Å². The molecule has 0 radical (unpaired) electrons. The van der Waals surface area contributed by atoms with Crippen molar-refractivity contribution in [2.45, 2.75) is 62.2 Å². The molecule has 0 spiro atoms. The molecule has 0 bridgehead atoms. The number of pyridine rings is 1. The summed E-state index contributed by atoms with van der Waals surface area (Å²) in [6.45, 7) is 3.90. The summed E-state index contributed by atoms with van der Waals surface area (Å²) >= 11 is 8.24. The van der Waals surface area contributed by atoms with E-state index in [0.29, 0.717) is 48.4 Å². The number of halogens is 2. The zero-order chi connectivity index (χ0) is 26.6. The number of nitrogens with one attached hydrogen (secondary N) is 1. The number of Topliss-reactive ketones (excluding diaryl/α,β-unsaturated/α-hetero) is 2. The maximum atomic E-state index is 12.7. The van der Waals surface area contributed by atoms with Gasteiger partial charge in [-0.15, -0.1) is 0 Å². The van der Waals surface area contributed by atoms with Crippen LogP contribution in [0.2, 0.25) is 5.02 Å². The van der Waals surface area contributed by atoms with Gasteiger partial charge in [0, 0.05) is 53.8 Å². The standard InChI is InChI=1S/C29H31ClIN3O3/c1-3-19(15-33-28-18(2)25(35)5-4-6-26(36)29(31)14-24(28)29)7-12-27(37)34-23-13-21(16-32-17-23)20-8-10-22(30)11-9-20/h8-11,13,15-17,19,24H,3-7,12,14H2,1-2H3,(H,34,37)/b28-18+,33-15?. The van der Waals surface area contributed by atoms with Crippen LogP contribution in [-0.2, 0) is 14.4 Å². The second-order valence-corrected chi connectivity index (χ2v) is 12.2. The maximum Gasteiger partial charge on any atom is 0.224 e. The first-order valence-corrected chi connectivity index (χ1v) is 14.2. The average Bonchev–Trinajstić information content (AvgIpc) is 3.57. The van der Waals surface area contributed by atoms with Crippen LogP contribution in [0.25, 0.3) is 11.1 Å². The third-order valence-electron chi connectivity index (χ3n) is 7.19. The molecule has 6 nitrogen and oxygen atoms in total. The molecule has 0 aliphatic heterocycles. The number of nitrogens with zero attached hydrogens (tertiary/aromatic N) is 2. The predicted molar refractivity (Wildman–Crippen MR) is 156 cm³/mol. The number of aliphatic imine (C=N–C) groups is 1. The van der Waals surface area contributed by atoms with E-state index in [1.54, 1.807) is 12.4 Å². The van der Waals surface area contributed by atoms with Gasteiger partial charge >= 0.3 is 0 Å². The Kier molecular flexibility index (Phi) is 8.95. The molecule has 1 fully saturated rings. The molecule has 1 heterocycles. The molecular weight excluding hydrogens is 601 g/mol. The highest BCUT2D eigenvalue weighted by Gasteiger charge is 2.59. The summed E-state index contributed by atoms with van der Waals surface area (Å²) in [5.74, 6) is 0.306. The molecule has 1 saturated carbocycles. The van der Waals surface area contributed by atoms with Crippen molar-refractivity contribution in [3.8, 4) is 11.1 Å². The van der Waals surface area contributed by atoms with Crippen molar-refractivity contribution in [1.82, 2.24) is 4.98 Å². The first kappa shape index (κ1) is 27.6. The quantitative estimate of drug-likeness (QED) is 0.193. The minimum atomic E-state index is -0.424. The molecule has 1 N–H and O–H groups in total. The number of hydrogen-bond donors (Lipinski definition) is 1. The number of ketones is 2. The average molecular weight is 632 g/mol. The highest BCUT2D eigenvalue weighted by molar-refractivity contribution is 14.1. The van der Waals surface area contributed by atoms with Crippen molar-refractivity contribution in [3.63, 3.8) is 0 Å². The summed E-state index contributed by atoms with van der Waals surface area (Å²) < 4.78 is -0.424. The Hall–Kier alpha value is -2.39. The van der Waals surface area contributed by atoms with Gasteiger partial charge in [0.1, 0.15) is 5.78 Å². The molecular formula is C29H31ClIN3O3. The third-order valence-corrected chi connectivity index (χ3v) is 9.23. The summed E-state index contributed by atoms with van der Waals surface area (Å²) in [6.07, 6.45) is 9.25. The molecule has 2 aliphatic rings. The molecule has 194 valence electrons. The van der Waals surface area contributed by atoms with Crippen LogP contribution in [0.1, 0.15) is 58.8 Å². The monoisotopic (exact) mass is 631 g/mol. The molecule has 4 rings (SSSR count). The minimum Gasteiger partial charge on any atom is -0.325 e. The van der Waals surface area contributed by atoms with Crippen molar-refractivity contribution in [3.05, 3.63) is 59.0 Å². The van der Waals surface area contributed by atoms with Gasteiger partial charge in [0.05, 0.1) is 21.0 Å². The molecule has 1 aromatic carbocycles. The molecule has 8 heteroatoms. The van der Waals surface area contributed by atoms with Gasteiger partial charge in [0.2, 0.25) is 5.91 Å². The van der Waals surface area contributed by atoms with E-state index < -0.39 is 3.42 Å². The fraction of sp³-hybridized carbons (Fsp3) is 0.414. The van der Waals surface area contributed by atoms with Gasteiger partial charge in [-0.05, 0) is 62.3 Å². The number of fused-ring (bicyclic) bond motifs is 1. The van der Waals surface area contributed by atoms with Crippen LogP contribution in [0.5, 0.6) is 0 Å². The Labute approximate surface area is 236 Å². The first-order valence-electron chi connectivity index (χ1n) is 12.7. The van der Waals surface area contributed by atoms with Crippen LogP contribution in [0, 0.1) is 11.8 Å². The highest BCUT2D eigenvalue weighted by Crippen LogP contribution is 2.58. The van der Waals surface area contributed by atoms with Crippen LogP contribution in [-0.4, -0.2) is 32.1 Å². The van der Waals surface area contributed by atoms with E-state index in [0.717, 1.165) is 29.7 Å². The zero-order valence-corrected chi connectivity index (χ0v) is 24.0. The third kappa shape index (κ3) is 6.74. The fourth-order valence-corrected chi connectivity index (χ4v) is 5.80. The SMILES string of the molecule is CCC(C=N/C1=C(\C)C(=O)CCCC(=O)C2(I)CC12)CCC(=O)Nc1cncc(-c2ccc(Cl)cc2)c1. The Bertz CT molecular complexity index is 1260. The van der Waals surface area contributed by atoms with Crippen molar-refractivity contribution < 1.29 is 14.4 Å². The van der Waals surface area contributed by atoms with Crippen LogP contribution in [0.3, 0.4) is 0 Å². The fourth-order valence-electron chi connectivity index (χ4n) is 4.67. The Morgan fingerprint density at radius 1 is 1.24 bits per heavy atom. The first-order chi connectivity index (χ1) is 17.7. The number of carbonyl (C=O) groups excluding carboxylic acids is 3. The second kappa shape index (κ2) is 12.0. The number of aromatic nitrogens is 1. The molecule has 0 saturated heterocycles. The van der Waals surface area contributed by atoms with Crippen LogP contribution in [0.4, 0.5) is 5.69 Å². The summed E-state index contributed by atoms with van der Waals surface area (Å²) in [6, 6.07) is 9.36. The lowest BCUT2D eigenvalue weighted by atomic mass is 10.0. The molecule has 3 atom stereocenters. The molecule has 37 heavy (non-hydrogen) atoms. The van der Waals surface area contributed by atoms with E-state index in [1.165, 1.54) is 0 Å². The van der Waals surface area contributed by atoms with Crippen LogP contribution in [0.15, 0.2) is 59.0 Å². The predicted octanol–water partition coefficient (Wildman–Crippen LogP) is 7.01. The lowest BCUT2D eigenvalue weighted by molar-refractivity contribution is -0.119. The van der Waals surface area contributed by atoms with Crippen molar-refractivity contribution in [1.29, 1.82) is 0 Å². The molecule has 3 unspecified atom stereocenters. The maximum absolute atomic E-state index is 12.7. The van der Waals surface area contributed by atoms with Crippen LogP contribution < -0.4 is 5.32 Å². The number of anilines is 1. The van der Waals surface area contributed by atoms with E-state index in [-0.39, 0.29) is 29.3 Å². The summed E-state index contributed by atoms with van der Waals surface area (Å²) in [5, 5.41) is 3.61. The number of rotatable bonds is 8. The second-order valence-electron chi connectivity index (χ2n) is 9.83. The number of amides is 1. The number of benzene rings is 1. The number of carbonyl (C=O) groups is 3. The number of hydrogen-bond acceptors (Lipinski definition) is 5. The number of allylic oxidation sites excluding steroid dienone is 2. The van der Waals surface area contributed by atoms with E-state index in [1.807, 2.05) is 43.5 Å². The van der Waals surface area contributed by atoms with Crippen LogP contribution >= 0.6 is 34.2 Å². The van der Waals surface area contributed by atoms with E-state index >= 15 is 0 Å². The molecule has 1 aromatic heterocycles. The summed E-state index contributed by atoms with van der Waals surface area (Å²) in [5.41, 5.74) is 3.93. The van der Waals surface area contributed by atoms with Gasteiger partial charge in [-0.1, -0.05) is 53.2 Å². The smallest absolute Gasteiger partial charge is 0.224 e. The largest absolute Gasteiger partial charge is 0.325 e. The topological polar surface area (TPSA) is 88.5 Å². The minimum absolute atomic E-state index is 0.000112. The summed E-state index contributed by atoms with van der Waals surface area (Å²) in [7, 11) is 0. The molecule has 2 aliphatic carbocycles. The lowest BCUT2D eigenvalue weighted by Crippen LogP contribution is -2.18. The van der Waals surface area contributed by atoms with Gasteiger partial charge in [-0.3, -0.25) is 24.4 Å². The normalized spacial score (nSPS) is 24.7. The highest BCUT2D eigenvalue weighted by atomic mass is 127. The van der Waals surface area contributed by atoms with E-state index in [2.05, 4.69) is 39.8 Å². The van der Waals surface area contributed by atoms with Crippen molar-refractivity contribution in [2.24, 2.45) is 16.8 Å². The molecule has 2 aromatic rings. The Balaban J connectivity index is 1.38. The lowest BCUT2D eigenvalue weighted by Gasteiger charge is -2.12. The van der Waals surface area contributed by atoms with Gasteiger partial charge in [-0.25, -0.2) is 0 Å². The van der Waals surface area contributed by atoms with Gasteiger partial charge in [0.15, 0.2) is 5.78 Å². The van der Waals surface area contributed by atoms with Crippen molar-refractivity contribution >= 4 is 63.6 Å².